The first-order valence-corrected chi connectivity index (χ1v) is 6.39. The molecule has 1 aliphatic heterocycles. The molecule has 3 heterocycles. The zero-order chi connectivity index (χ0) is 11.9. The fraction of sp³-hybridized carbons (Fsp3) is 0.188. The summed E-state index contributed by atoms with van der Waals surface area (Å²) in [6, 6.07) is 15.0. The molecule has 4 rings (SSSR count). The Balaban J connectivity index is 1.73. The quantitative estimate of drug-likeness (QED) is 0.631. The van der Waals surface area contributed by atoms with Crippen molar-refractivity contribution < 1.29 is 0 Å². The van der Waals surface area contributed by atoms with Crippen LogP contribution in [0, 0.1) is 0 Å². The van der Waals surface area contributed by atoms with Crippen LogP contribution in [0.1, 0.15) is 17.2 Å². The monoisotopic (exact) mass is 234 g/mol. The fourth-order valence-corrected chi connectivity index (χ4v) is 2.90. The van der Waals surface area contributed by atoms with Crippen molar-refractivity contribution in [2.75, 3.05) is 0 Å². The number of pyridine rings is 1. The number of aromatic nitrogens is 2. The van der Waals surface area contributed by atoms with E-state index in [4.69, 9.17) is 0 Å². The van der Waals surface area contributed by atoms with Gasteiger partial charge < -0.3 is 4.57 Å². The molecule has 0 spiro atoms. The first kappa shape index (κ1) is 9.89. The van der Waals surface area contributed by atoms with Gasteiger partial charge >= 0.3 is 0 Å². The number of nitrogens with zero attached hydrogens (tertiary/aromatic N) is 2. The first-order chi connectivity index (χ1) is 8.90. The summed E-state index contributed by atoms with van der Waals surface area (Å²) in [6.07, 6.45) is 5.34. The number of hydrogen-bond acceptors (Lipinski definition) is 1. The van der Waals surface area contributed by atoms with E-state index in [0.29, 0.717) is 5.92 Å². The van der Waals surface area contributed by atoms with Crippen LogP contribution in [0.2, 0.25) is 0 Å². The lowest BCUT2D eigenvalue weighted by Gasteiger charge is -2.09. The molecule has 1 atom stereocenters. The third-order valence-corrected chi connectivity index (χ3v) is 3.88. The molecule has 0 amide bonds. The summed E-state index contributed by atoms with van der Waals surface area (Å²) in [5, 5.41) is 1.24. The van der Waals surface area contributed by atoms with Gasteiger partial charge in [0.1, 0.15) is 0 Å². The minimum atomic E-state index is 0.582. The molecule has 0 N–H and O–H groups in total. The minimum Gasteiger partial charge on any atom is -0.351 e. The Morgan fingerprint density at radius 2 is 2.06 bits per heavy atom. The van der Waals surface area contributed by atoms with Crippen LogP contribution in [-0.4, -0.2) is 9.55 Å². The molecule has 2 aromatic heterocycles. The smallest absolute Gasteiger partial charge is 0.0702 e. The standard InChI is InChI=1S/C16H14N2/c1-2-6-16-12(4-1)8-13(10-17-16)14-9-15-5-3-7-18(15)11-14/h1-8,10,14H,9,11H2. The highest BCUT2D eigenvalue weighted by molar-refractivity contribution is 5.78. The van der Waals surface area contributed by atoms with E-state index in [2.05, 4.69) is 52.1 Å². The second kappa shape index (κ2) is 3.70. The maximum Gasteiger partial charge on any atom is 0.0702 e. The van der Waals surface area contributed by atoms with Gasteiger partial charge in [-0.2, -0.15) is 0 Å². The van der Waals surface area contributed by atoms with Gasteiger partial charge in [0.05, 0.1) is 5.52 Å². The Labute approximate surface area is 106 Å². The average molecular weight is 234 g/mol. The van der Waals surface area contributed by atoms with Gasteiger partial charge in [0, 0.05) is 35.9 Å². The molecule has 0 bridgehead atoms. The maximum absolute atomic E-state index is 4.56. The van der Waals surface area contributed by atoms with Gasteiger partial charge in [-0.05, 0) is 36.2 Å². The molecule has 1 aromatic carbocycles. The summed E-state index contributed by atoms with van der Waals surface area (Å²) in [5.74, 6) is 0.582. The van der Waals surface area contributed by atoms with Crippen molar-refractivity contribution >= 4 is 10.9 Å². The van der Waals surface area contributed by atoms with Crippen molar-refractivity contribution in [1.82, 2.24) is 9.55 Å². The zero-order valence-electron chi connectivity index (χ0n) is 10.1. The van der Waals surface area contributed by atoms with E-state index in [1.807, 2.05) is 12.3 Å². The number of hydrogen-bond donors (Lipinski definition) is 0. The van der Waals surface area contributed by atoms with Crippen LogP contribution < -0.4 is 0 Å². The van der Waals surface area contributed by atoms with Crippen LogP contribution >= 0.6 is 0 Å². The number of para-hydroxylation sites is 1. The van der Waals surface area contributed by atoms with Crippen LogP contribution in [-0.2, 0) is 13.0 Å². The summed E-state index contributed by atoms with van der Waals surface area (Å²) in [5.41, 5.74) is 3.88. The van der Waals surface area contributed by atoms with E-state index >= 15 is 0 Å². The van der Waals surface area contributed by atoms with E-state index < -0.39 is 0 Å². The summed E-state index contributed by atoms with van der Waals surface area (Å²) >= 11 is 0. The molecule has 0 radical (unpaired) electrons. The molecule has 2 heteroatoms. The van der Waals surface area contributed by atoms with Crippen LogP contribution in [0.5, 0.6) is 0 Å². The second-order valence-electron chi connectivity index (χ2n) is 5.01. The van der Waals surface area contributed by atoms with Crippen molar-refractivity contribution in [3.8, 4) is 0 Å². The van der Waals surface area contributed by atoms with Gasteiger partial charge in [0.25, 0.3) is 0 Å². The number of fused-ring (bicyclic) bond motifs is 2. The lowest BCUT2D eigenvalue weighted by Crippen LogP contribution is -2.01. The molecule has 1 aliphatic rings. The van der Waals surface area contributed by atoms with Crippen LogP contribution in [0.4, 0.5) is 0 Å². The Morgan fingerprint density at radius 3 is 3.00 bits per heavy atom. The predicted molar refractivity (Wildman–Crippen MR) is 72.6 cm³/mol. The highest BCUT2D eigenvalue weighted by Gasteiger charge is 2.22. The third kappa shape index (κ3) is 1.46. The molecule has 1 unspecified atom stereocenters. The lowest BCUT2D eigenvalue weighted by molar-refractivity contribution is 0.651. The van der Waals surface area contributed by atoms with Crippen molar-refractivity contribution in [3.05, 3.63) is 66.1 Å². The highest BCUT2D eigenvalue weighted by atomic mass is 15.0. The van der Waals surface area contributed by atoms with Gasteiger partial charge in [-0.25, -0.2) is 0 Å². The molecule has 0 fully saturated rings. The SMILES string of the molecule is c1ccc2ncc(C3Cc4cccn4C3)cc2c1. The summed E-state index contributed by atoms with van der Waals surface area (Å²) in [7, 11) is 0. The van der Waals surface area contributed by atoms with E-state index in [1.54, 1.807) is 0 Å². The molecule has 88 valence electrons. The summed E-state index contributed by atoms with van der Waals surface area (Å²) in [4.78, 5) is 4.56. The molecule has 0 saturated carbocycles. The second-order valence-corrected chi connectivity index (χ2v) is 5.01. The Morgan fingerprint density at radius 1 is 1.11 bits per heavy atom. The average Bonchev–Trinajstić information content (AvgIpc) is 2.99. The molecule has 0 aliphatic carbocycles. The summed E-state index contributed by atoms with van der Waals surface area (Å²) in [6.45, 7) is 1.09. The van der Waals surface area contributed by atoms with Crippen molar-refractivity contribution in [3.63, 3.8) is 0 Å². The van der Waals surface area contributed by atoms with Crippen molar-refractivity contribution in [2.24, 2.45) is 0 Å². The van der Waals surface area contributed by atoms with E-state index in [0.717, 1.165) is 18.5 Å². The molecular formula is C16H14N2. The highest BCUT2D eigenvalue weighted by Crippen LogP contribution is 2.30. The zero-order valence-corrected chi connectivity index (χ0v) is 10.1. The van der Waals surface area contributed by atoms with Gasteiger partial charge in [0.2, 0.25) is 0 Å². The third-order valence-electron chi connectivity index (χ3n) is 3.88. The first-order valence-electron chi connectivity index (χ1n) is 6.39. The topological polar surface area (TPSA) is 17.8 Å². The van der Waals surface area contributed by atoms with E-state index in [-0.39, 0.29) is 0 Å². The van der Waals surface area contributed by atoms with Gasteiger partial charge in [0.15, 0.2) is 0 Å². The molecule has 0 saturated heterocycles. The largest absolute Gasteiger partial charge is 0.351 e. The fourth-order valence-electron chi connectivity index (χ4n) is 2.90. The molecule has 3 aromatic rings. The van der Waals surface area contributed by atoms with Crippen molar-refractivity contribution in [1.29, 1.82) is 0 Å². The maximum atomic E-state index is 4.56. The van der Waals surface area contributed by atoms with Gasteiger partial charge in [-0.1, -0.05) is 18.2 Å². The molecular weight excluding hydrogens is 220 g/mol. The molecule has 18 heavy (non-hydrogen) atoms. The Hall–Kier alpha value is -2.09. The Bertz CT molecular complexity index is 691. The van der Waals surface area contributed by atoms with Gasteiger partial charge in [-0.15, -0.1) is 0 Å². The van der Waals surface area contributed by atoms with Crippen molar-refractivity contribution in [2.45, 2.75) is 18.9 Å². The normalized spacial score (nSPS) is 18.1. The van der Waals surface area contributed by atoms with Crippen LogP contribution in [0.25, 0.3) is 10.9 Å². The predicted octanol–water partition coefficient (Wildman–Crippen LogP) is 3.38. The minimum absolute atomic E-state index is 0.582. The summed E-state index contributed by atoms with van der Waals surface area (Å²) < 4.78 is 2.35. The number of benzene rings is 1. The Kier molecular flexibility index (Phi) is 2.04. The molecule has 2 nitrogen and oxygen atoms in total. The van der Waals surface area contributed by atoms with E-state index in [9.17, 15) is 0 Å². The van der Waals surface area contributed by atoms with Gasteiger partial charge in [-0.3, -0.25) is 4.98 Å². The van der Waals surface area contributed by atoms with Crippen LogP contribution in [0.3, 0.4) is 0 Å². The van der Waals surface area contributed by atoms with Crippen LogP contribution in [0.15, 0.2) is 54.9 Å². The lowest BCUT2D eigenvalue weighted by atomic mass is 9.97. The number of rotatable bonds is 1. The van der Waals surface area contributed by atoms with E-state index in [1.165, 1.54) is 16.6 Å².